The van der Waals surface area contributed by atoms with Crippen LogP contribution in [-0.4, -0.2) is 10.8 Å². The number of halogens is 1. The number of carbonyl (C=O) groups excluding carboxylic acids is 1. The van der Waals surface area contributed by atoms with E-state index in [1.54, 1.807) is 17.3 Å². The van der Waals surface area contributed by atoms with Gasteiger partial charge < -0.3 is 0 Å². The topological polar surface area (TPSA) is 20.3 Å². The second kappa shape index (κ2) is 4.45. The van der Waals surface area contributed by atoms with Gasteiger partial charge in [0.1, 0.15) is 0 Å². The number of carbonyl (C=O) groups is 1. The second-order valence-corrected chi connectivity index (χ2v) is 4.26. The zero-order chi connectivity index (χ0) is 10.7. The fraction of sp³-hybridized carbons (Fsp3) is 0.0833. The van der Waals surface area contributed by atoms with Crippen LogP contribution in [-0.2, 0) is 0 Å². The minimum atomic E-state index is -0.0106. The third-order valence-electron chi connectivity index (χ3n) is 2.11. The molecule has 0 radical (unpaired) electrons. The Morgan fingerprint density at radius 3 is 2.67 bits per heavy atom. The van der Waals surface area contributed by atoms with Gasteiger partial charge in [0.25, 0.3) is 5.91 Å². The smallest absolute Gasteiger partial charge is 0.261 e. The van der Waals surface area contributed by atoms with Crippen molar-refractivity contribution in [1.29, 1.82) is 0 Å². The summed E-state index contributed by atoms with van der Waals surface area (Å²) in [4.78, 5) is 13.5. The van der Waals surface area contributed by atoms with Gasteiger partial charge in [0.15, 0.2) is 0 Å². The van der Waals surface area contributed by atoms with E-state index in [-0.39, 0.29) is 5.91 Å². The van der Waals surface area contributed by atoms with Crippen LogP contribution in [0.25, 0.3) is 0 Å². The van der Waals surface area contributed by atoms with Crippen LogP contribution in [0.3, 0.4) is 0 Å². The van der Waals surface area contributed by atoms with E-state index in [1.807, 2.05) is 36.4 Å². The molecule has 0 fully saturated rings. The Bertz CT molecular complexity index is 423. The maximum atomic E-state index is 12.0. The van der Waals surface area contributed by atoms with Gasteiger partial charge in [-0.05, 0) is 12.1 Å². The first-order chi connectivity index (χ1) is 7.27. The normalized spacial score (nSPS) is 15.0. The number of amides is 1. The van der Waals surface area contributed by atoms with Crippen molar-refractivity contribution < 1.29 is 4.79 Å². The van der Waals surface area contributed by atoms with Crippen LogP contribution in [0.15, 0.2) is 53.3 Å². The Kier molecular flexibility index (Phi) is 3.02. The molecule has 1 aliphatic heterocycles. The zero-order valence-corrected chi connectivity index (χ0v) is 9.65. The first-order valence-electron chi connectivity index (χ1n) is 4.68. The third-order valence-corrected chi connectivity index (χ3v) is 2.64. The summed E-state index contributed by atoms with van der Waals surface area (Å²) in [5, 5.41) is 0. The Labute approximate surface area is 97.0 Å². The summed E-state index contributed by atoms with van der Waals surface area (Å²) < 4.78 is 1.01. The van der Waals surface area contributed by atoms with E-state index in [0.717, 1.165) is 10.9 Å². The monoisotopic (exact) mass is 263 g/mol. The number of rotatable bonds is 1. The maximum Gasteiger partial charge on any atom is 0.261 e. The van der Waals surface area contributed by atoms with Gasteiger partial charge in [-0.25, -0.2) is 0 Å². The molecular weight excluding hydrogens is 254 g/mol. The molecule has 0 unspecified atom stereocenters. The Morgan fingerprint density at radius 2 is 2.00 bits per heavy atom. The van der Waals surface area contributed by atoms with Crippen LogP contribution in [0.1, 0.15) is 16.8 Å². The van der Waals surface area contributed by atoms with Crippen molar-refractivity contribution >= 4 is 21.8 Å². The van der Waals surface area contributed by atoms with E-state index >= 15 is 0 Å². The lowest BCUT2D eigenvalue weighted by molar-refractivity contribution is 0.0867. The molecule has 0 aromatic heterocycles. The highest BCUT2D eigenvalue weighted by Crippen LogP contribution is 2.19. The van der Waals surface area contributed by atoms with Gasteiger partial charge in [0, 0.05) is 28.9 Å². The minimum absolute atomic E-state index is 0.0106. The van der Waals surface area contributed by atoms with Crippen LogP contribution < -0.4 is 0 Å². The summed E-state index contributed by atoms with van der Waals surface area (Å²) in [6, 6.07) is 9.24. The summed E-state index contributed by atoms with van der Waals surface area (Å²) in [5.41, 5.74) is 0.695. The van der Waals surface area contributed by atoms with Crippen LogP contribution in [0, 0.1) is 0 Å². The predicted molar refractivity (Wildman–Crippen MR) is 63.4 cm³/mol. The molecule has 0 saturated heterocycles. The molecule has 1 aromatic rings. The van der Waals surface area contributed by atoms with Gasteiger partial charge in [-0.1, -0.05) is 40.2 Å². The van der Waals surface area contributed by atoms with Gasteiger partial charge in [-0.3, -0.25) is 9.69 Å². The van der Waals surface area contributed by atoms with E-state index in [2.05, 4.69) is 15.9 Å². The first-order valence-corrected chi connectivity index (χ1v) is 5.47. The third kappa shape index (κ3) is 2.36. The molecule has 0 N–H and O–H groups in total. The quantitative estimate of drug-likeness (QED) is 0.762. The van der Waals surface area contributed by atoms with E-state index in [4.69, 9.17) is 0 Å². The summed E-state index contributed by atoms with van der Waals surface area (Å²) in [7, 11) is 0. The van der Waals surface area contributed by atoms with Crippen molar-refractivity contribution in [3.05, 3.63) is 58.9 Å². The Balaban J connectivity index is 2.22. The van der Waals surface area contributed by atoms with Crippen LogP contribution >= 0.6 is 15.9 Å². The molecule has 15 heavy (non-hydrogen) atoms. The van der Waals surface area contributed by atoms with Crippen molar-refractivity contribution in [2.45, 2.75) is 6.42 Å². The summed E-state index contributed by atoms with van der Waals surface area (Å²) >= 11 is 3.39. The molecule has 0 aliphatic carbocycles. The highest BCUT2D eigenvalue weighted by molar-refractivity contribution is 9.11. The number of nitrogens with zero attached hydrogens (tertiary/aromatic N) is 1. The molecule has 1 amide bonds. The average Bonchev–Trinajstić information content (AvgIpc) is 2.29. The van der Waals surface area contributed by atoms with E-state index in [1.165, 1.54) is 0 Å². The molecule has 0 spiro atoms. The molecule has 1 aromatic carbocycles. The molecule has 3 heteroatoms. The minimum Gasteiger partial charge on any atom is -0.290 e. The van der Waals surface area contributed by atoms with Crippen molar-refractivity contribution in [2.75, 3.05) is 0 Å². The second-order valence-electron chi connectivity index (χ2n) is 3.24. The van der Waals surface area contributed by atoms with Crippen LogP contribution in [0.4, 0.5) is 0 Å². The summed E-state index contributed by atoms with van der Waals surface area (Å²) in [6.07, 6.45) is 6.39. The van der Waals surface area contributed by atoms with Crippen LogP contribution in [0.5, 0.6) is 0 Å². The molecule has 1 heterocycles. The Hall–Kier alpha value is -1.35. The molecule has 76 valence electrons. The SMILES string of the molecule is O=C(c1ccccc1)N1C=CCC(Br)=C1. The molecule has 1 aliphatic rings. The van der Waals surface area contributed by atoms with Gasteiger partial charge in [-0.2, -0.15) is 0 Å². The van der Waals surface area contributed by atoms with E-state index in [0.29, 0.717) is 5.56 Å². The van der Waals surface area contributed by atoms with Gasteiger partial charge in [0.05, 0.1) is 0 Å². The molecule has 2 rings (SSSR count). The average molecular weight is 264 g/mol. The lowest BCUT2D eigenvalue weighted by Crippen LogP contribution is -2.21. The summed E-state index contributed by atoms with van der Waals surface area (Å²) in [5.74, 6) is -0.0106. The lowest BCUT2D eigenvalue weighted by atomic mass is 10.2. The Morgan fingerprint density at radius 1 is 1.27 bits per heavy atom. The van der Waals surface area contributed by atoms with Gasteiger partial charge in [-0.15, -0.1) is 0 Å². The molecule has 0 atom stereocenters. The molecule has 0 saturated carbocycles. The number of hydrogen-bond acceptors (Lipinski definition) is 1. The molecule has 2 nitrogen and oxygen atoms in total. The standard InChI is InChI=1S/C12H10BrNO/c13-11-7-4-8-14(9-11)12(15)10-5-2-1-3-6-10/h1-6,8-9H,7H2. The van der Waals surface area contributed by atoms with Crippen molar-refractivity contribution in [3.63, 3.8) is 0 Å². The van der Waals surface area contributed by atoms with Crippen molar-refractivity contribution in [3.8, 4) is 0 Å². The van der Waals surface area contributed by atoms with E-state index in [9.17, 15) is 4.79 Å². The number of hydrogen-bond donors (Lipinski definition) is 0. The van der Waals surface area contributed by atoms with Crippen molar-refractivity contribution in [1.82, 2.24) is 4.90 Å². The number of benzene rings is 1. The highest BCUT2D eigenvalue weighted by atomic mass is 79.9. The van der Waals surface area contributed by atoms with Gasteiger partial charge >= 0.3 is 0 Å². The molecule has 0 bridgehead atoms. The summed E-state index contributed by atoms with van der Waals surface area (Å²) in [6.45, 7) is 0. The fourth-order valence-corrected chi connectivity index (χ4v) is 1.79. The fourth-order valence-electron chi connectivity index (χ4n) is 1.38. The van der Waals surface area contributed by atoms with E-state index < -0.39 is 0 Å². The van der Waals surface area contributed by atoms with Crippen molar-refractivity contribution in [2.24, 2.45) is 0 Å². The van der Waals surface area contributed by atoms with Gasteiger partial charge in [0.2, 0.25) is 0 Å². The number of allylic oxidation sites excluding steroid dienone is 2. The lowest BCUT2D eigenvalue weighted by Gasteiger charge is -2.17. The molecular formula is C12H10BrNO. The largest absolute Gasteiger partial charge is 0.290 e. The van der Waals surface area contributed by atoms with Crippen LogP contribution in [0.2, 0.25) is 0 Å². The zero-order valence-electron chi connectivity index (χ0n) is 8.06. The predicted octanol–water partition coefficient (Wildman–Crippen LogP) is 3.28. The first kappa shape index (κ1) is 10.2. The highest BCUT2D eigenvalue weighted by Gasteiger charge is 2.13. The maximum absolute atomic E-state index is 12.0.